The molecule has 1 aromatic rings. The average molecular weight is 182 g/mol. The van der Waals surface area contributed by atoms with Crippen LogP contribution in [0.3, 0.4) is 0 Å². The molecule has 5 nitrogen and oxygen atoms in total. The van der Waals surface area contributed by atoms with Crippen LogP contribution in [0.1, 0.15) is 25.2 Å². The molecule has 1 atom stereocenters. The van der Waals surface area contributed by atoms with Crippen molar-refractivity contribution in [2.24, 2.45) is 0 Å². The highest BCUT2D eigenvalue weighted by Crippen LogP contribution is 2.10. The third-order valence-corrected chi connectivity index (χ3v) is 1.79. The normalized spacial score (nSPS) is 12.2. The lowest BCUT2D eigenvalue weighted by Gasteiger charge is -2.13. The Kier molecular flexibility index (Phi) is 3.31. The molecule has 0 radical (unpaired) electrons. The van der Waals surface area contributed by atoms with Gasteiger partial charge in [-0.15, -0.1) is 0 Å². The minimum Gasteiger partial charge on any atom is -0.347 e. The standard InChI is InChI=1S/C8H14N4O/c1-3-6(12-8(13)9-2)7-10-4-5-11-7/h4-6H,3H2,1-2H3,(H,10,11)(H2,9,12,13). The van der Waals surface area contributed by atoms with Crippen LogP contribution in [-0.4, -0.2) is 23.0 Å². The van der Waals surface area contributed by atoms with Crippen LogP contribution < -0.4 is 10.6 Å². The fourth-order valence-electron chi connectivity index (χ4n) is 1.06. The van der Waals surface area contributed by atoms with E-state index in [2.05, 4.69) is 20.6 Å². The highest BCUT2D eigenvalue weighted by molar-refractivity contribution is 5.73. The highest BCUT2D eigenvalue weighted by Gasteiger charge is 2.12. The first kappa shape index (κ1) is 9.57. The summed E-state index contributed by atoms with van der Waals surface area (Å²) in [5.74, 6) is 0.783. The van der Waals surface area contributed by atoms with Crippen LogP contribution in [0.2, 0.25) is 0 Å². The molecular weight excluding hydrogens is 168 g/mol. The van der Waals surface area contributed by atoms with E-state index in [1.54, 1.807) is 19.4 Å². The number of nitrogens with one attached hydrogen (secondary N) is 3. The number of carbonyl (C=O) groups is 1. The molecule has 0 saturated carbocycles. The van der Waals surface area contributed by atoms with E-state index in [0.29, 0.717) is 0 Å². The van der Waals surface area contributed by atoms with Crippen molar-refractivity contribution in [3.8, 4) is 0 Å². The van der Waals surface area contributed by atoms with Gasteiger partial charge in [-0.1, -0.05) is 6.92 Å². The van der Waals surface area contributed by atoms with Gasteiger partial charge in [0.05, 0.1) is 6.04 Å². The first-order valence-corrected chi connectivity index (χ1v) is 4.25. The quantitative estimate of drug-likeness (QED) is 0.646. The Morgan fingerprint density at radius 1 is 1.77 bits per heavy atom. The fraction of sp³-hybridized carbons (Fsp3) is 0.500. The second-order valence-electron chi connectivity index (χ2n) is 2.66. The predicted octanol–water partition coefficient (Wildman–Crippen LogP) is 0.790. The zero-order valence-corrected chi connectivity index (χ0v) is 7.79. The molecule has 0 aliphatic carbocycles. The van der Waals surface area contributed by atoms with Gasteiger partial charge in [0.2, 0.25) is 0 Å². The number of nitrogens with zero attached hydrogens (tertiary/aromatic N) is 1. The number of urea groups is 1. The molecule has 1 aromatic heterocycles. The van der Waals surface area contributed by atoms with Gasteiger partial charge in [-0.3, -0.25) is 0 Å². The van der Waals surface area contributed by atoms with E-state index in [1.165, 1.54) is 0 Å². The second-order valence-corrected chi connectivity index (χ2v) is 2.66. The number of carbonyl (C=O) groups excluding carboxylic acids is 1. The van der Waals surface area contributed by atoms with Crippen LogP contribution in [0, 0.1) is 0 Å². The molecule has 1 rings (SSSR count). The molecule has 0 saturated heterocycles. The van der Waals surface area contributed by atoms with Gasteiger partial charge in [-0.05, 0) is 6.42 Å². The van der Waals surface area contributed by atoms with Gasteiger partial charge in [0.25, 0.3) is 0 Å². The summed E-state index contributed by atoms with van der Waals surface area (Å²) in [6.45, 7) is 1.99. The number of hydrogen-bond donors (Lipinski definition) is 3. The Morgan fingerprint density at radius 3 is 3.00 bits per heavy atom. The van der Waals surface area contributed by atoms with Gasteiger partial charge in [0, 0.05) is 19.4 Å². The Bertz CT molecular complexity index is 257. The monoisotopic (exact) mass is 182 g/mol. The maximum Gasteiger partial charge on any atom is 0.315 e. The van der Waals surface area contributed by atoms with Crippen LogP contribution >= 0.6 is 0 Å². The Hall–Kier alpha value is -1.52. The first-order valence-electron chi connectivity index (χ1n) is 4.25. The summed E-state index contributed by atoms with van der Waals surface area (Å²) >= 11 is 0. The summed E-state index contributed by atoms with van der Waals surface area (Å²) in [4.78, 5) is 18.1. The highest BCUT2D eigenvalue weighted by atomic mass is 16.2. The number of rotatable bonds is 3. The molecular formula is C8H14N4O. The summed E-state index contributed by atoms with van der Waals surface area (Å²) in [5.41, 5.74) is 0. The van der Waals surface area contributed by atoms with E-state index in [9.17, 15) is 4.79 Å². The van der Waals surface area contributed by atoms with Crippen LogP contribution in [-0.2, 0) is 0 Å². The van der Waals surface area contributed by atoms with Crippen molar-refractivity contribution in [3.05, 3.63) is 18.2 Å². The van der Waals surface area contributed by atoms with E-state index in [4.69, 9.17) is 0 Å². The van der Waals surface area contributed by atoms with Gasteiger partial charge in [0.1, 0.15) is 5.82 Å². The Balaban J connectivity index is 2.58. The molecule has 0 bridgehead atoms. The molecule has 2 amide bonds. The summed E-state index contributed by atoms with van der Waals surface area (Å²) < 4.78 is 0. The van der Waals surface area contributed by atoms with Gasteiger partial charge in [-0.2, -0.15) is 0 Å². The van der Waals surface area contributed by atoms with Crippen LogP contribution in [0.4, 0.5) is 4.79 Å². The number of aromatic nitrogens is 2. The maximum absolute atomic E-state index is 11.0. The number of H-pyrrole nitrogens is 1. The lowest BCUT2D eigenvalue weighted by Crippen LogP contribution is -2.35. The summed E-state index contributed by atoms with van der Waals surface area (Å²) in [5, 5.41) is 5.27. The van der Waals surface area contributed by atoms with Crippen LogP contribution in [0.5, 0.6) is 0 Å². The lowest BCUT2D eigenvalue weighted by molar-refractivity contribution is 0.238. The predicted molar refractivity (Wildman–Crippen MR) is 49.2 cm³/mol. The topological polar surface area (TPSA) is 69.8 Å². The number of aromatic amines is 1. The minimum absolute atomic E-state index is 0.0463. The fourth-order valence-corrected chi connectivity index (χ4v) is 1.06. The largest absolute Gasteiger partial charge is 0.347 e. The van der Waals surface area contributed by atoms with Crippen molar-refractivity contribution >= 4 is 6.03 Å². The number of hydrogen-bond acceptors (Lipinski definition) is 2. The molecule has 0 spiro atoms. The molecule has 0 aromatic carbocycles. The van der Waals surface area contributed by atoms with Crippen molar-refractivity contribution in [1.82, 2.24) is 20.6 Å². The van der Waals surface area contributed by atoms with Gasteiger partial charge in [-0.25, -0.2) is 9.78 Å². The van der Waals surface area contributed by atoms with Crippen molar-refractivity contribution in [1.29, 1.82) is 0 Å². The average Bonchev–Trinajstić information content (AvgIpc) is 2.66. The third-order valence-electron chi connectivity index (χ3n) is 1.79. The number of imidazole rings is 1. The lowest BCUT2D eigenvalue weighted by atomic mass is 10.2. The van der Waals surface area contributed by atoms with Crippen LogP contribution in [0.15, 0.2) is 12.4 Å². The zero-order valence-electron chi connectivity index (χ0n) is 7.79. The smallest absolute Gasteiger partial charge is 0.315 e. The Morgan fingerprint density at radius 2 is 2.54 bits per heavy atom. The van der Waals surface area contributed by atoms with Crippen molar-refractivity contribution in [2.45, 2.75) is 19.4 Å². The van der Waals surface area contributed by atoms with Crippen molar-refractivity contribution < 1.29 is 4.79 Å². The Labute approximate surface area is 76.9 Å². The van der Waals surface area contributed by atoms with Gasteiger partial charge >= 0.3 is 6.03 Å². The van der Waals surface area contributed by atoms with E-state index in [0.717, 1.165) is 12.2 Å². The van der Waals surface area contributed by atoms with E-state index in [-0.39, 0.29) is 12.1 Å². The molecule has 13 heavy (non-hydrogen) atoms. The van der Waals surface area contributed by atoms with Gasteiger partial charge < -0.3 is 15.6 Å². The summed E-state index contributed by atoms with van der Waals surface area (Å²) in [6.07, 6.45) is 4.22. The van der Waals surface area contributed by atoms with E-state index >= 15 is 0 Å². The molecule has 3 N–H and O–H groups in total. The van der Waals surface area contributed by atoms with E-state index < -0.39 is 0 Å². The molecule has 5 heteroatoms. The summed E-state index contributed by atoms with van der Waals surface area (Å²) in [7, 11) is 1.59. The van der Waals surface area contributed by atoms with Crippen LogP contribution in [0.25, 0.3) is 0 Å². The maximum atomic E-state index is 11.0. The first-order chi connectivity index (χ1) is 6.27. The van der Waals surface area contributed by atoms with Crippen molar-refractivity contribution in [3.63, 3.8) is 0 Å². The third kappa shape index (κ3) is 2.47. The zero-order chi connectivity index (χ0) is 9.68. The molecule has 1 unspecified atom stereocenters. The van der Waals surface area contributed by atoms with Crippen molar-refractivity contribution in [2.75, 3.05) is 7.05 Å². The molecule has 72 valence electrons. The summed E-state index contributed by atoms with van der Waals surface area (Å²) in [6, 6.07) is -0.238. The van der Waals surface area contributed by atoms with Gasteiger partial charge in [0.15, 0.2) is 0 Å². The SMILES string of the molecule is CCC(NC(=O)NC)c1ncc[nH]1. The molecule has 0 aliphatic rings. The second kappa shape index (κ2) is 4.49. The minimum atomic E-state index is -0.191. The van der Waals surface area contributed by atoms with E-state index in [1.807, 2.05) is 6.92 Å². The number of amides is 2. The molecule has 0 aliphatic heterocycles. The molecule has 1 heterocycles. The molecule has 0 fully saturated rings.